The van der Waals surface area contributed by atoms with Crippen LogP contribution < -0.4 is 0 Å². The van der Waals surface area contributed by atoms with Crippen molar-refractivity contribution in [3.63, 3.8) is 0 Å². The molecular weight excluding hydrogens is 402 g/mol. The van der Waals surface area contributed by atoms with Gasteiger partial charge in [-0.25, -0.2) is 4.98 Å². The predicted octanol–water partition coefficient (Wildman–Crippen LogP) is 7.58. The van der Waals surface area contributed by atoms with E-state index in [-0.39, 0.29) is 0 Å². The first kappa shape index (κ1) is 21.5. The minimum atomic E-state index is 0.545. The Morgan fingerprint density at radius 3 is 2.24 bits per heavy atom. The highest BCUT2D eigenvalue weighted by Crippen LogP contribution is 2.39. The molecule has 0 aliphatic carbocycles. The summed E-state index contributed by atoms with van der Waals surface area (Å²) in [6.45, 7) is 9.26. The van der Waals surface area contributed by atoms with Crippen molar-refractivity contribution in [2.24, 2.45) is 18.9 Å². The van der Waals surface area contributed by atoms with E-state index in [1.54, 1.807) is 0 Å². The molecule has 2 aromatic heterocycles. The molecule has 5 aromatic rings. The summed E-state index contributed by atoms with van der Waals surface area (Å²) in [5.74, 6) is 2.11. The molecule has 0 bridgehead atoms. The molecule has 5 rings (SSSR count). The fourth-order valence-electron chi connectivity index (χ4n) is 5.23. The zero-order chi connectivity index (χ0) is 23.1. The number of hydrogen-bond donors (Lipinski definition) is 0. The third-order valence-electron chi connectivity index (χ3n) is 6.51. The second-order valence-electron chi connectivity index (χ2n) is 10.0. The molecule has 0 unspecified atom stereocenters. The van der Waals surface area contributed by atoms with E-state index < -0.39 is 0 Å². The Morgan fingerprint density at radius 1 is 0.818 bits per heavy atom. The lowest BCUT2D eigenvalue weighted by Crippen LogP contribution is -2.10. The average molecular weight is 436 g/mol. The molecule has 0 atom stereocenters. The molecule has 0 N–H and O–H groups in total. The maximum Gasteiger partial charge on any atom is 0.144 e. The number of fused-ring (bicyclic) bond motifs is 3. The Balaban J connectivity index is 1.92. The summed E-state index contributed by atoms with van der Waals surface area (Å²) in [5, 5.41) is 2.72. The Kier molecular flexibility index (Phi) is 5.57. The fraction of sp³-hybridized carbons (Fsp3) is 0.300. The van der Waals surface area contributed by atoms with Gasteiger partial charge in [0.2, 0.25) is 0 Å². The molecule has 33 heavy (non-hydrogen) atoms. The van der Waals surface area contributed by atoms with Gasteiger partial charge in [0.1, 0.15) is 5.82 Å². The summed E-state index contributed by atoms with van der Waals surface area (Å²) in [7, 11) is 2.20. The molecular formula is C30H33N3. The Morgan fingerprint density at radius 2 is 1.52 bits per heavy atom. The van der Waals surface area contributed by atoms with Gasteiger partial charge in [-0.1, -0.05) is 76.2 Å². The first-order valence-corrected chi connectivity index (χ1v) is 12.1. The van der Waals surface area contributed by atoms with Gasteiger partial charge in [0.25, 0.3) is 0 Å². The summed E-state index contributed by atoms with van der Waals surface area (Å²) in [6, 6.07) is 21.8. The maximum absolute atomic E-state index is 4.81. The first-order valence-electron chi connectivity index (χ1n) is 12.1. The molecule has 0 amide bonds. The number of aromatic nitrogens is 3. The monoisotopic (exact) mass is 435 g/mol. The molecule has 2 heterocycles. The van der Waals surface area contributed by atoms with Crippen LogP contribution in [-0.4, -0.2) is 14.1 Å². The second kappa shape index (κ2) is 8.55. The number of hydrogen-bond acceptors (Lipinski definition) is 1. The van der Waals surface area contributed by atoms with Crippen LogP contribution in [-0.2, 0) is 19.9 Å². The van der Waals surface area contributed by atoms with Gasteiger partial charge in [-0.15, -0.1) is 0 Å². The number of aryl methyl sites for hydroxylation is 1. The molecule has 0 spiro atoms. The van der Waals surface area contributed by atoms with Crippen molar-refractivity contribution in [1.82, 2.24) is 14.1 Å². The lowest BCUT2D eigenvalue weighted by Gasteiger charge is -2.22. The summed E-state index contributed by atoms with van der Waals surface area (Å²) in [4.78, 5) is 4.81. The largest absolute Gasteiger partial charge is 0.344 e. The highest BCUT2D eigenvalue weighted by atomic mass is 15.1. The van der Waals surface area contributed by atoms with Crippen LogP contribution in [0.2, 0.25) is 0 Å². The first-order chi connectivity index (χ1) is 16.0. The minimum Gasteiger partial charge on any atom is -0.344 e. The molecule has 168 valence electrons. The SMILES string of the molecule is CC(C)Cc1cc2c(c(CC(C)C)c1-n1ccnc1-c1ccccc1)c1ccccc1n2C. The number of rotatable bonds is 6. The van der Waals surface area contributed by atoms with Crippen molar-refractivity contribution < 1.29 is 0 Å². The van der Waals surface area contributed by atoms with E-state index in [2.05, 4.69) is 111 Å². The maximum atomic E-state index is 4.81. The van der Waals surface area contributed by atoms with E-state index in [0.717, 1.165) is 24.2 Å². The van der Waals surface area contributed by atoms with E-state index in [9.17, 15) is 0 Å². The summed E-state index contributed by atoms with van der Waals surface area (Å²) < 4.78 is 4.71. The third-order valence-corrected chi connectivity index (χ3v) is 6.51. The zero-order valence-electron chi connectivity index (χ0n) is 20.3. The molecule has 0 saturated heterocycles. The highest BCUT2D eigenvalue weighted by molar-refractivity contribution is 6.11. The summed E-state index contributed by atoms with van der Waals surface area (Å²) in [5.41, 5.74) is 7.91. The molecule has 3 nitrogen and oxygen atoms in total. The molecule has 3 aromatic carbocycles. The lowest BCUT2D eigenvalue weighted by atomic mass is 9.90. The Hall–Kier alpha value is -3.33. The normalized spacial score (nSPS) is 12.0. The van der Waals surface area contributed by atoms with Crippen molar-refractivity contribution in [3.05, 3.63) is 84.2 Å². The smallest absolute Gasteiger partial charge is 0.144 e. The number of para-hydroxylation sites is 1. The van der Waals surface area contributed by atoms with Gasteiger partial charge >= 0.3 is 0 Å². The quantitative estimate of drug-likeness (QED) is 0.269. The van der Waals surface area contributed by atoms with Crippen molar-refractivity contribution in [2.75, 3.05) is 0 Å². The molecule has 0 fully saturated rings. The van der Waals surface area contributed by atoms with Crippen molar-refractivity contribution >= 4 is 21.8 Å². The van der Waals surface area contributed by atoms with Gasteiger partial charge in [0, 0.05) is 46.8 Å². The van der Waals surface area contributed by atoms with Crippen LogP contribution >= 0.6 is 0 Å². The van der Waals surface area contributed by atoms with Crippen LogP contribution in [0.25, 0.3) is 38.9 Å². The summed E-state index contributed by atoms with van der Waals surface area (Å²) in [6.07, 6.45) is 6.14. The average Bonchev–Trinajstić information content (AvgIpc) is 3.37. The molecule has 3 heteroatoms. The van der Waals surface area contributed by atoms with Crippen molar-refractivity contribution in [2.45, 2.75) is 40.5 Å². The van der Waals surface area contributed by atoms with Gasteiger partial charge in [-0.3, -0.25) is 4.57 Å². The standard InChI is InChI=1S/C30H33N3/c1-20(2)17-23-19-27-28(24-13-9-10-14-26(24)32(27)5)25(18-21(3)4)29(23)33-16-15-31-30(33)22-11-7-6-8-12-22/h6-16,19-21H,17-18H2,1-5H3. The van der Waals surface area contributed by atoms with E-state index in [1.165, 1.54) is 38.6 Å². The van der Waals surface area contributed by atoms with Crippen LogP contribution in [0.4, 0.5) is 0 Å². The van der Waals surface area contributed by atoms with Gasteiger partial charge in [-0.05, 0) is 47.9 Å². The van der Waals surface area contributed by atoms with Gasteiger partial charge in [-0.2, -0.15) is 0 Å². The van der Waals surface area contributed by atoms with E-state index >= 15 is 0 Å². The fourth-order valence-corrected chi connectivity index (χ4v) is 5.23. The highest BCUT2D eigenvalue weighted by Gasteiger charge is 2.23. The molecule has 0 radical (unpaired) electrons. The van der Waals surface area contributed by atoms with E-state index in [4.69, 9.17) is 4.98 Å². The second-order valence-corrected chi connectivity index (χ2v) is 10.0. The zero-order valence-corrected chi connectivity index (χ0v) is 20.3. The molecule has 0 aliphatic heterocycles. The number of nitrogens with zero attached hydrogens (tertiary/aromatic N) is 3. The van der Waals surface area contributed by atoms with Crippen LogP contribution in [0, 0.1) is 11.8 Å². The van der Waals surface area contributed by atoms with Crippen LogP contribution in [0.1, 0.15) is 38.8 Å². The van der Waals surface area contributed by atoms with Gasteiger partial charge in [0.15, 0.2) is 0 Å². The molecule has 0 aliphatic rings. The Labute approximate surface area is 196 Å². The third kappa shape index (κ3) is 3.76. The minimum absolute atomic E-state index is 0.545. The van der Waals surface area contributed by atoms with Crippen molar-refractivity contribution in [1.29, 1.82) is 0 Å². The van der Waals surface area contributed by atoms with Crippen LogP contribution in [0.3, 0.4) is 0 Å². The topological polar surface area (TPSA) is 22.8 Å². The van der Waals surface area contributed by atoms with Gasteiger partial charge in [0.05, 0.1) is 5.69 Å². The number of benzene rings is 3. The lowest BCUT2D eigenvalue weighted by molar-refractivity contribution is 0.634. The van der Waals surface area contributed by atoms with Crippen LogP contribution in [0.15, 0.2) is 73.1 Å². The van der Waals surface area contributed by atoms with Crippen molar-refractivity contribution in [3.8, 4) is 17.1 Å². The van der Waals surface area contributed by atoms with E-state index in [1.807, 2.05) is 6.20 Å². The van der Waals surface area contributed by atoms with Crippen LogP contribution in [0.5, 0.6) is 0 Å². The molecule has 0 saturated carbocycles. The number of imidazole rings is 1. The van der Waals surface area contributed by atoms with Gasteiger partial charge < -0.3 is 4.57 Å². The predicted molar refractivity (Wildman–Crippen MR) is 140 cm³/mol. The Bertz CT molecular complexity index is 1420. The van der Waals surface area contributed by atoms with E-state index in [0.29, 0.717) is 11.8 Å². The summed E-state index contributed by atoms with van der Waals surface area (Å²) >= 11 is 0.